The van der Waals surface area contributed by atoms with Gasteiger partial charge in [0.1, 0.15) is 5.60 Å². The molecule has 0 amide bonds. The summed E-state index contributed by atoms with van der Waals surface area (Å²) in [6, 6.07) is 0. The molecule has 2 aliphatic rings. The molecule has 2 rings (SSSR count). The lowest BCUT2D eigenvalue weighted by Crippen LogP contribution is -2.31. The summed E-state index contributed by atoms with van der Waals surface area (Å²) in [6.45, 7) is 4.12. The van der Waals surface area contributed by atoms with Gasteiger partial charge in [0.2, 0.25) is 0 Å². The second-order valence-electron chi connectivity index (χ2n) is 4.46. The van der Waals surface area contributed by atoms with Crippen molar-refractivity contribution < 1.29 is 13.6 Å². The molecule has 16 heavy (non-hydrogen) atoms. The monoisotopic (exact) mass is 308 g/mol. The molecule has 0 aromatic heterocycles. The van der Waals surface area contributed by atoms with Crippen LogP contribution in [-0.4, -0.2) is 12.2 Å². The lowest BCUT2D eigenvalue weighted by Gasteiger charge is -2.33. The first-order valence-corrected chi connectivity index (χ1v) is 8.20. The van der Waals surface area contributed by atoms with Crippen LogP contribution in [0.5, 0.6) is 0 Å². The molecule has 0 aromatic rings. The number of rotatable bonds is 2. The highest BCUT2D eigenvalue weighted by Crippen LogP contribution is 2.69. The van der Waals surface area contributed by atoms with E-state index in [2.05, 4.69) is 15.9 Å². The van der Waals surface area contributed by atoms with E-state index in [0.717, 1.165) is 35.5 Å². The summed E-state index contributed by atoms with van der Waals surface area (Å²) >= 11 is 3.57. The Morgan fingerprint density at radius 3 is 2.62 bits per heavy atom. The minimum Gasteiger partial charge on any atom is -0.306 e. The zero-order valence-corrected chi connectivity index (χ0v) is 12.3. The van der Waals surface area contributed by atoms with Gasteiger partial charge in [0, 0.05) is 4.48 Å². The molecule has 1 saturated carbocycles. The molecule has 92 valence electrons. The second kappa shape index (κ2) is 4.56. The average molecular weight is 309 g/mol. The molecule has 1 fully saturated rings. The quantitative estimate of drug-likeness (QED) is 0.701. The van der Waals surface area contributed by atoms with Gasteiger partial charge in [0.05, 0.1) is 11.9 Å². The Labute approximate surface area is 105 Å². The standard InChI is InChI=1S/C11H18BrO3P/c1-3-14-16(13)9(2)10(12)11(15-16)7-5-4-6-8-11/h3-8H2,1-2H3. The summed E-state index contributed by atoms with van der Waals surface area (Å²) in [5.41, 5.74) is -0.354. The van der Waals surface area contributed by atoms with Crippen molar-refractivity contribution in [2.75, 3.05) is 6.61 Å². The van der Waals surface area contributed by atoms with Crippen LogP contribution < -0.4 is 0 Å². The van der Waals surface area contributed by atoms with Crippen molar-refractivity contribution >= 4 is 23.5 Å². The Balaban J connectivity index is 2.31. The average Bonchev–Trinajstić information content (AvgIpc) is 2.43. The first kappa shape index (κ1) is 12.8. The summed E-state index contributed by atoms with van der Waals surface area (Å²) in [4.78, 5) is 0. The lowest BCUT2D eigenvalue weighted by atomic mass is 9.85. The molecular formula is C11H18BrO3P. The molecule has 0 saturated heterocycles. The summed E-state index contributed by atoms with van der Waals surface area (Å²) in [7, 11) is -3.02. The fourth-order valence-corrected chi connectivity index (χ4v) is 5.67. The van der Waals surface area contributed by atoms with Crippen molar-refractivity contribution in [1.29, 1.82) is 0 Å². The van der Waals surface area contributed by atoms with E-state index < -0.39 is 7.60 Å². The van der Waals surface area contributed by atoms with Gasteiger partial charge in [-0.3, -0.25) is 9.09 Å². The van der Waals surface area contributed by atoms with Gasteiger partial charge >= 0.3 is 7.60 Å². The molecule has 1 aliphatic heterocycles. The highest BCUT2D eigenvalue weighted by atomic mass is 79.9. The number of hydrogen-bond donors (Lipinski definition) is 0. The Morgan fingerprint density at radius 1 is 1.44 bits per heavy atom. The number of hydrogen-bond acceptors (Lipinski definition) is 3. The largest absolute Gasteiger partial charge is 0.358 e. The van der Waals surface area contributed by atoms with Crippen LogP contribution in [0, 0.1) is 0 Å². The maximum Gasteiger partial charge on any atom is 0.358 e. The van der Waals surface area contributed by atoms with Gasteiger partial charge in [-0.15, -0.1) is 0 Å². The summed E-state index contributed by atoms with van der Waals surface area (Å²) < 4.78 is 24.7. The minimum absolute atomic E-state index is 0.354. The Hall–Kier alpha value is 0.370. The Bertz CT molecular complexity index is 358. The maximum atomic E-state index is 12.5. The molecule has 0 N–H and O–H groups in total. The van der Waals surface area contributed by atoms with Crippen molar-refractivity contribution in [2.45, 2.75) is 51.6 Å². The first-order chi connectivity index (χ1) is 7.54. The molecule has 0 aromatic carbocycles. The number of halogens is 1. The van der Waals surface area contributed by atoms with Crippen LogP contribution in [0.4, 0.5) is 0 Å². The molecule has 0 radical (unpaired) electrons. The van der Waals surface area contributed by atoms with Crippen LogP contribution in [0.25, 0.3) is 0 Å². The third-order valence-corrected chi connectivity index (χ3v) is 7.24. The topological polar surface area (TPSA) is 35.5 Å². The highest BCUT2D eigenvalue weighted by Gasteiger charge is 2.51. The molecule has 1 spiro atoms. The Morgan fingerprint density at radius 2 is 2.06 bits per heavy atom. The van der Waals surface area contributed by atoms with Gasteiger partial charge in [-0.25, -0.2) is 0 Å². The third-order valence-electron chi connectivity index (χ3n) is 3.38. The maximum absolute atomic E-state index is 12.5. The summed E-state index contributed by atoms with van der Waals surface area (Å²) in [5.74, 6) is 0. The fraction of sp³-hybridized carbons (Fsp3) is 0.818. The van der Waals surface area contributed by atoms with Crippen LogP contribution in [0.3, 0.4) is 0 Å². The molecule has 1 aliphatic carbocycles. The molecule has 3 nitrogen and oxygen atoms in total. The number of allylic oxidation sites excluding steroid dienone is 1. The van der Waals surface area contributed by atoms with Gasteiger partial charge in [0.15, 0.2) is 0 Å². The van der Waals surface area contributed by atoms with Crippen molar-refractivity contribution in [2.24, 2.45) is 0 Å². The van der Waals surface area contributed by atoms with E-state index in [0.29, 0.717) is 6.61 Å². The Kier molecular flexibility index (Phi) is 3.66. The minimum atomic E-state index is -3.02. The van der Waals surface area contributed by atoms with Crippen molar-refractivity contribution in [3.63, 3.8) is 0 Å². The van der Waals surface area contributed by atoms with E-state index in [4.69, 9.17) is 9.05 Å². The first-order valence-electron chi connectivity index (χ1n) is 5.87. The van der Waals surface area contributed by atoms with Crippen molar-refractivity contribution in [3.05, 3.63) is 9.80 Å². The van der Waals surface area contributed by atoms with E-state index in [1.807, 2.05) is 13.8 Å². The predicted octanol–water partition coefficient (Wildman–Crippen LogP) is 4.58. The fourth-order valence-electron chi connectivity index (χ4n) is 2.52. The predicted molar refractivity (Wildman–Crippen MR) is 67.8 cm³/mol. The van der Waals surface area contributed by atoms with Crippen molar-refractivity contribution in [3.8, 4) is 0 Å². The van der Waals surface area contributed by atoms with Gasteiger partial charge in [-0.1, -0.05) is 35.2 Å². The van der Waals surface area contributed by atoms with E-state index in [-0.39, 0.29) is 5.60 Å². The van der Waals surface area contributed by atoms with Crippen molar-refractivity contribution in [1.82, 2.24) is 0 Å². The molecular weight excluding hydrogens is 291 g/mol. The van der Waals surface area contributed by atoms with Gasteiger partial charge < -0.3 is 4.52 Å². The van der Waals surface area contributed by atoms with Crippen LogP contribution in [0.2, 0.25) is 0 Å². The second-order valence-corrected chi connectivity index (χ2v) is 7.36. The van der Waals surface area contributed by atoms with Crippen LogP contribution in [0.15, 0.2) is 9.80 Å². The smallest absolute Gasteiger partial charge is 0.306 e. The molecule has 1 atom stereocenters. The lowest BCUT2D eigenvalue weighted by molar-refractivity contribution is 0.0659. The van der Waals surface area contributed by atoms with Gasteiger partial charge in [-0.05, 0) is 26.7 Å². The van der Waals surface area contributed by atoms with E-state index in [9.17, 15) is 4.57 Å². The molecule has 1 heterocycles. The summed E-state index contributed by atoms with van der Waals surface area (Å²) in [6.07, 6.45) is 5.40. The van der Waals surface area contributed by atoms with E-state index in [1.54, 1.807) is 0 Å². The van der Waals surface area contributed by atoms with Crippen LogP contribution in [0.1, 0.15) is 46.0 Å². The molecule has 0 bridgehead atoms. The van der Waals surface area contributed by atoms with Gasteiger partial charge in [0.25, 0.3) is 0 Å². The molecule has 5 heteroatoms. The molecule has 1 unspecified atom stereocenters. The zero-order chi connectivity index (χ0) is 11.8. The SMILES string of the molecule is CCOP1(=O)OC2(CCCCC2)C(Br)=C1C. The highest BCUT2D eigenvalue weighted by molar-refractivity contribution is 9.11. The normalized spacial score (nSPS) is 33.7. The van der Waals surface area contributed by atoms with E-state index >= 15 is 0 Å². The van der Waals surface area contributed by atoms with Gasteiger partial charge in [-0.2, -0.15) is 0 Å². The van der Waals surface area contributed by atoms with E-state index in [1.165, 1.54) is 6.42 Å². The summed E-state index contributed by atoms with van der Waals surface area (Å²) in [5, 5.41) is 0.760. The third kappa shape index (κ3) is 1.94. The zero-order valence-electron chi connectivity index (χ0n) is 9.79. The van der Waals surface area contributed by atoms with Crippen LogP contribution >= 0.6 is 23.5 Å². The van der Waals surface area contributed by atoms with Crippen LogP contribution in [-0.2, 0) is 13.6 Å².